The van der Waals surface area contributed by atoms with Crippen LogP contribution >= 0.6 is 11.8 Å². The second kappa shape index (κ2) is 10.4. The van der Waals surface area contributed by atoms with E-state index < -0.39 is 0 Å². The Hall–Kier alpha value is 0.270. The summed E-state index contributed by atoms with van der Waals surface area (Å²) in [6.45, 7) is 6.07. The highest BCUT2D eigenvalue weighted by molar-refractivity contribution is 7.99. The molecule has 0 aliphatic rings. The van der Waals surface area contributed by atoms with E-state index >= 15 is 0 Å². The second-order valence-electron chi connectivity index (χ2n) is 3.20. The zero-order valence-corrected chi connectivity index (χ0v) is 9.70. The van der Waals surface area contributed by atoms with Crippen LogP contribution in [0.3, 0.4) is 0 Å². The molecule has 13 heavy (non-hydrogen) atoms. The molecule has 0 rings (SSSR count). The molecule has 2 N–H and O–H groups in total. The van der Waals surface area contributed by atoms with Crippen molar-refractivity contribution in [2.75, 3.05) is 24.6 Å². The minimum Gasteiger partial charge on any atom is -0.392 e. The van der Waals surface area contributed by atoms with Crippen molar-refractivity contribution in [3.05, 3.63) is 0 Å². The molecule has 0 aliphatic heterocycles. The quantitative estimate of drug-likeness (QED) is 0.564. The van der Waals surface area contributed by atoms with Gasteiger partial charge in [0.25, 0.3) is 0 Å². The molecule has 0 spiro atoms. The van der Waals surface area contributed by atoms with E-state index in [9.17, 15) is 5.11 Å². The smallest absolute Gasteiger partial charge is 0.0664 e. The number of thioether (sulfide) groups is 1. The van der Waals surface area contributed by atoms with Crippen molar-refractivity contribution in [1.82, 2.24) is 5.32 Å². The molecule has 0 saturated heterocycles. The lowest BCUT2D eigenvalue weighted by Crippen LogP contribution is -2.27. The molecule has 0 aromatic heterocycles. The van der Waals surface area contributed by atoms with Gasteiger partial charge in [0.1, 0.15) is 0 Å². The number of nitrogens with one attached hydrogen (secondary N) is 1. The molecule has 0 saturated carbocycles. The van der Waals surface area contributed by atoms with Crippen LogP contribution in [0.25, 0.3) is 0 Å². The van der Waals surface area contributed by atoms with Gasteiger partial charge in [-0.05, 0) is 30.9 Å². The molecule has 0 amide bonds. The highest BCUT2D eigenvalue weighted by Crippen LogP contribution is 1.99. The fourth-order valence-corrected chi connectivity index (χ4v) is 1.78. The summed E-state index contributed by atoms with van der Waals surface area (Å²) < 4.78 is 0. The van der Waals surface area contributed by atoms with E-state index in [1.165, 1.54) is 17.9 Å². The van der Waals surface area contributed by atoms with E-state index in [-0.39, 0.29) is 6.10 Å². The van der Waals surface area contributed by atoms with Crippen LogP contribution in [0, 0.1) is 0 Å². The molecule has 2 nitrogen and oxygen atoms in total. The van der Waals surface area contributed by atoms with Gasteiger partial charge in [-0.15, -0.1) is 0 Å². The van der Waals surface area contributed by atoms with Crippen LogP contribution in [-0.4, -0.2) is 35.8 Å². The molecule has 0 radical (unpaired) electrons. The standard InChI is InChI=1S/C10H23NOS/c1-3-6-10(12)9-11-7-5-8-13-4-2/h10-12H,3-9H2,1-2H3. The molecule has 1 atom stereocenters. The molecule has 0 aliphatic carbocycles. The van der Waals surface area contributed by atoms with Gasteiger partial charge in [0, 0.05) is 6.54 Å². The SMILES string of the molecule is CCCC(O)CNCCCSCC. The molecular weight excluding hydrogens is 182 g/mol. The van der Waals surface area contributed by atoms with Crippen LogP contribution < -0.4 is 5.32 Å². The molecule has 0 fully saturated rings. The average Bonchev–Trinajstić information content (AvgIpc) is 2.11. The molecular formula is C10H23NOS. The van der Waals surface area contributed by atoms with Crippen molar-refractivity contribution >= 4 is 11.8 Å². The van der Waals surface area contributed by atoms with Crippen molar-refractivity contribution in [3.8, 4) is 0 Å². The first-order chi connectivity index (χ1) is 6.31. The predicted octanol–water partition coefficient (Wildman–Crippen LogP) is 1.88. The van der Waals surface area contributed by atoms with Gasteiger partial charge in [-0.25, -0.2) is 0 Å². The maximum Gasteiger partial charge on any atom is 0.0664 e. The normalized spacial score (nSPS) is 13.2. The van der Waals surface area contributed by atoms with Crippen molar-refractivity contribution < 1.29 is 5.11 Å². The largest absolute Gasteiger partial charge is 0.392 e. The maximum atomic E-state index is 9.38. The van der Waals surface area contributed by atoms with Crippen molar-refractivity contribution in [2.24, 2.45) is 0 Å². The van der Waals surface area contributed by atoms with Gasteiger partial charge in [-0.1, -0.05) is 20.3 Å². The van der Waals surface area contributed by atoms with E-state index in [4.69, 9.17) is 0 Å². The summed E-state index contributed by atoms with van der Waals surface area (Å²) in [6, 6.07) is 0. The van der Waals surface area contributed by atoms with E-state index in [1.54, 1.807) is 0 Å². The van der Waals surface area contributed by atoms with Crippen LogP contribution in [0.2, 0.25) is 0 Å². The summed E-state index contributed by atoms with van der Waals surface area (Å²) in [7, 11) is 0. The van der Waals surface area contributed by atoms with Gasteiger partial charge in [0.15, 0.2) is 0 Å². The van der Waals surface area contributed by atoms with Gasteiger partial charge in [0.05, 0.1) is 6.10 Å². The number of hydrogen-bond acceptors (Lipinski definition) is 3. The summed E-state index contributed by atoms with van der Waals surface area (Å²) in [6.07, 6.45) is 3.03. The van der Waals surface area contributed by atoms with Gasteiger partial charge in [-0.3, -0.25) is 0 Å². The number of aliphatic hydroxyl groups is 1. The van der Waals surface area contributed by atoms with Gasteiger partial charge < -0.3 is 10.4 Å². The zero-order chi connectivity index (χ0) is 9.94. The fourth-order valence-electron chi connectivity index (χ4n) is 1.15. The Morgan fingerprint density at radius 3 is 2.77 bits per heavy atom. The third-order valence-corrected chi connectivity index (χ3v) is 2.83. The van der Waals surface area contributed by atoms with Gasteiger partial charge >= 0.3 is 0 Å². The summed E-state index contributed by atoms with van der Waals surface area (Å²) in [5, 5.41) is 12.6. The van der Waals surface area contributed by atoms with E-state index in [1.807, 2.05) is 11.8 Å². The lowest BCUT2D eigenvalue weighted by Gasteiger charge is -2.09. The molecule has 0 heterocycles. The van der Waals surface area contributed by atoms with E-state index in [0.29, 0.717) is 0 Å². The number of hydrogen-bond donors (Lipinski definition) is 2. The lowest BCUT2D eigenvalue weighted by molar-refractivity contribution is 0.161. The second-order valence-corrected chi connectivity index (χ2v) is 4.59. The van der Waals surface area contributed by atoms with Gasteiger partial charge in [-0.2, -0.15) is 11.8 Å². The van der Waals surface area contributed by atoms with Crippen LogP contribution in [-0.2, 0) is 0 Å². The van der Waals surface area contributed by atoms with Crippen molar-refractivity contribution in [2.45, 2.75) is 39.2 Å². The minimum atomic E-state index is -0.149. The molecule has 0 bridgehead atoms. The van der Waals surface area contributed by atoms with Crippen LogP contribution in [0.5, 0.6) is 0 Å². The number of rotatable bonds is 9. The van der Waals surface area contributed by atoms with Crippen LogP contribution in [0.4, 0.5) is 0 Å². The molecule has 1 unspecified atom stereocenters. The summed E-state index contributed by atoms with van der Waals surface area (Å²) in [4.78, 5) is 0. The predicted molar refractivity (Wildman–Crippen MR) is 61.4 cm³/mol. The first kappa shape index (κ1) is 13.3. The van der Waals surface area contributed by atoms with Crippen LogP contribution in [0.15, 0.2) is 0 Å². The Morgan fingerprint density at radius 2 is 2.15 bits per heavy atom. The summed E-state index contributed by atoms with van der Waals surface area (Å²) in [5.41, 5.74) is 0. The first-order valence-corrected chi connectivity index (χ1v) is 6.43. The Bertz CT molecular complexity index is 101. The Kier molecular flexibility index (Phi) is 10.6. The van der Waals surface area contributed by atoms with Crippen molar-refractivity contribution in [1.29, 1.82) is 0 Å². The third-order valence-electron chi connectivity index (χ3n) is 1.85. The molecule has 0 aromatic carbocycles. The maximum absolute atomic E-state index is 9.38. The molecule has 80 valence electrons. The average molecular weight is 205 g/mol. The van der Waals surface area contributed by atoms with E-state index in [2.05, 4.69) is 19.2 Å². The van der Waals surface area contributed by atoms with Crippen LogP contribution in [0.1, 0.15) is 33.1 Å². The minimum absolute atomic E-state index is 0.149. The first-order valence-electron chi connectivity index (χ1n) is 5.27. The summed E-state index contributed by atoms with van der Waals surface area (Å²) in [5.74, 6) is 2.44. The molecule has 3 heteroatoms. The number of aliphatic hydroxyl groups excluding tert-OH is 1. The highest BCUT2D eigenvalue weighted by Gasteiger charge is 2.00. The third kappa shape index (κ3) is 10.2. The zero-order valence-electron chi connectivity index (χ0n) is 8.88. The Labute approximate surface area is 86.5 Å². The van der Waals surface area contributed by atoms with Gasteiger partial charge in [0.2, 0.25) is 0 Å². The Morgan fingerprint density at radius 1 is 1.38 bits per heavy atom. The highest BCUT2D eigenvalue weighted by atomic mass is 32.2. The topological polar surface area (TPSA) is 32.3 Å². The summed E-state index contributed by atoms with van der Waals surface area (Å²) >= 11 is 1.97. The van der Waals surface area contributed by atoms with Crippen molar-refractivity contribution in [3.63, 3.8) is 0 Å². The fraction of sp³-hybridized carbons (Fsp3) is 1.00. The molecule has 0 aromatic rings. The lowest BCUT2D eigenvalue weighted by atomic mass is 10.2. The monoisotopic (exact) mass is 205 g/mol. The van der Waals surface area contributed by atoms with E-state index in [0.717, 1.165) is 25.9 Å². The Balaban J connectivity index is 2.97.